The van der Waals surface area contributed by atoms with Gasteiger partial charge in [-0.05, 0) is 30.2 Å². The molecule has 0 bridgehead atoms. The monoisotopic (exact) mass is 236 g/mol. The van der Waals surface area contributed by atoms with Crippen LogP contribution < -0.4 is 15.4 Å². The van der Waals surface area contributed by atoms with Crippen LogP contribution in [0.2, 0.25) is 0 Å². The Morgan fingerprint density at radius 2 is 2.29 bits per heavy atom. The summed E-state index contributed by atoms with van der Waals surface area (Å²) in [5.74, 6) is 0.929. The van der Waals surface area contributed by atoms with Crippen LogP contribution >= 0.6 is 0 Å². The number of hydrogen-bond acceptors (Lipinski definition) is 4. The Labute approximate surface area is 102 Å². The fourth-order valence-electron chi connectivity index (χ4n) is 2.19. The van der Waals surface area contributed by atoms with Crippen LogP contribution in [0.1, 0.15) is 16.7 Å². The van der Waals surface area contributed by atoms with Gasteiger partial charge in [0.1, 0.15) is 5.75 Å². The highest BCUT2D eigenvalue weighted by molar-refractivity contribution is 5.43. The Morgan fingerprint density at radius 3 is 3.06 bits per heavy atom. The topological polar surface area (TPSA) is 53.5 Å². The van der Waals surface area contributed by atoms with Crippen molar-refractivity contribution >= 4 is 0 Å². The van der Waals surface area contributed by atoms with E-state index in [4.69, 9.17) is 9.84 Å². The van der Waals surface area contributed by atoms with Crippen LogP contribution in [-0.2, 0) is 19.5 Å². The predicted molar refractivity (Wildman–Crippen MR) is 67.2 cm³/mol. The lowest BCUT2D eigenvalue weighted by molar-refractivity contribution is 0.291. The molecule has 1 aromatic carbocycles. The lowest BCUT2D eigenvalue weighted by atomic mass is 9.97. The van der Waals surface area contributed by atoms with Gasteiger partial charge in [0.05, 0.1) is 13.7 Å². The smallest absolute Gasteiger partial charge is 0.123 e. The summed E-state index contributed by atoms with van der Waals surface area (Å²) >= 11 is 0. The van der Waals surface area contributed by atoms with Crippen LogP contribution in [0.5, 0.6) is 5.75 Å². The number of nitrogens with one attached hydrogen (secondary N) is 2. The first kappa shape index (κ1) is 12.4. The fourth-order valence-corrected chi connectivity index (χ4v) is 2.19. The van der Waals surface area contributed by atoms with E-state index in [0.717, 1.165) is 31.8 Å². The summed E-state index contributed by atoms with van der Waals surface area (Å²) in [6.07, 6.45) is 1.08. The van der Waals surface area contributed by atoms with E-state index in [9.17, 15) is 0 Å². The molecule has 1 aromatic rings. The van der Waals surface area contributed by atoms with E-state index in [1.165, 1.54) is 16.7 Å². The third-order valence-corrected chi connectivity index (χ3v) is 3.09. The number of ether oxygens (including phenoxy) is 1. The number of fused-ring (bicyclic) bond motifs is 1. The average molecular weight is 236 g/mol. The molecule has 0 radical (unpaired) electrons. The van der Waals surface area contributed by atoms with Gasteiger partial charge in [0.25, 0.3) is 0 Å². The van der Waals surface area contributed by atoms with Crippen molar-refractivity contribution in [2.75, 3.05) is 26.8 Å². The lowest BCUT2D eigenvalue weighted by Gasteiger charge is -2.20. The minimum absolute atomic E-state index is 0.164. The Bertz CT molecular complexity index is 380. The first-order chi connectivity index (χ1) is 8.35. The average Bonchev–Trinajstić information content (AvgIpc) is 2.38. The van der Waals surface area contributed by atoms with Crippen molar-refractivity contribution < 1.29 is 9.84 Å². The van der Waals surface area contributed by atoms with Crippen LogP contribution in [-0.4, -0.2) is 31.9 Å². The van der Waals surface area contributed by atoms with Gasteiger partial charge in [-0.25, -0.2) is 0 Å². The van der Waals surface area contributed by atoms with E-state index >= 15 is 0 Å². The molecule has 4 nitrogen and oxygen atoms in total. The molecule has 94 valence electrons. The molecule has 0 amide bonds. The molecular weight excluding hydrogens is 216 g/mol. The van der Waals surface area contributed by atoms with E-state index in [1.54, 1.807) is 7.11 Å². The molecule has 17 heavy (non-hydrogen) atoms. The largest absolute Gasteiger partial charge is 0.496 e. The normalized spacial score (nSPS) is 14.5. The van der Waals surface area contributed by atoms with Crippen molar-refractivity contribution in [3.8, 4) is 5.75 Å². The minimum Gasteiger partial charge on any atom is -0.496 e. The third kappa shape index (κ3) is 2.97. The molecule has 0 spiro atoms. The first-order valence-electron chi connectivity index (χ1n) is 6.06. The molecule has 1 heterocycles. The van der Waals surface area contributed by atoms with Gasteiger partial charge in [0, 0.05) is 25.2 Å². The van der Waals surface area contributed by atoms with Crippen molar-refractivity contribution in [1.82, 2.24) is 10.6 Å². The van der Waals surface area contributed by atoms with Gasteiger partial charge < -0.3 is 20.5 Å². The Morgan fingerprint density at radius 1 is 1.41 bits per heavy atom. The second kappa shape index (κ2) is 6.00. The predicted octanol–water partition coefficient (Wildman–Crippen LogP) is 0.423. The zero-order valence-electron chi connectivity index (χ0n) is 10.3. The van der Waals surface area contributed by atoms with Crippen LogP contribution in [0.25, 0.3) is 0 Å². The molecule has 0 fully saturated rings. The first-order valence-corrected chi connectivity index (χ1v) is 6.06. The summed E-state index contributed by atoms with van der Waals surface area (Å²) in [5.41, 5.74) is 3.91. The highest BCUT2D eigenvalue weighted by atomic mass is 16.5. The molecule has 0 saturated carbocycles. The molecule has 0 aliphatic carbocycles. The van der Waals surface area contributed by atoms with Crippen LogP contribution in [0.3, 0.4) is 0 Å². The SMILES string of the molecule is COc1cc2c(cc1CNCCO)CCNC2. The van der Waals surface area contributed by atoms with Gasteiger partial charge >= 0.3 is 0 Å². The van der Waals surface area contributed by atoms with E-state index in [1.807, 2.05) is 0 Å². The summed E-state index contributed by atoms with van der Waals surface area (Å²) in [7, 11) is 1.70. The van der Waals surface area contributed by atoms with Gasteiger partial charge in [-0.15, -0.1) is 0 Å². The van der Waals surface area contributed by atoms with Crippen molar-refractivity contribution in [3.05, 3.63) is 28.8 Å². The number of benzene rings is 1. The van der Waals surface area contributed by atoms with Crippen molar-refractivity contribution in [1.29, 1.82) is 0 Å². The van der Waals surface area contributed by atoms with Gasteiger partial charge in [0.2, 0.25) is 0 Å². The summed E-state index contributed by atoms with van der Waals surface area (Å²) in [4.78, 5) is 0. The molecule has 0 saturated heterocycles. The zero-order valence-corrected chi connectivity index (χ0v) is 10.3. The van der Waals surface area contributed by atoms with Gasteiger partial charge in [-0.2, -0.15) is 0 Å². The number of aliphatic hydroxyl groups is 1. The summed E-state index contributed by atoms with van der Waals surface area (Å²) in [5, 5.41) is 15.3. The van der Waals surface area contributed by atoms with Crippen LogP contribution in [0, 0.1) is 0 Å². The van der Waals surface area contributed by atoms with Crippen molar-refractivity contribution in [3.63, 3.8) is 0 Å². The Balaban J connectivity index is 2.17. The maximum absolute atomic E-state index is 8.76. The maximum atomic E-state index is 8.76. The summed E-state index contributed by atoms with van der Waals surface area (Å²) in [6.45, 7) is 3.49. The number of rotatable bonds is 5. The molecule has 0 unspecified atom stereocenters. The molecule has 2 rings (SSSR count). The molecule has 3 N–H and O–H groups in total. The van der Waals surface area contributed by atoms with Gasteiger partial charge in [-0.1, -0.05) is 6.07 Å². The van der Waals surface area contributed by atoms with E-state index in [2.05, 4.69) is 22.8 Å². The highest BCUT2D eigenvalue weighted by Gasteiger charge is 2.13. The summed E-state index contributed by atoms with van der Waals surface area (Å²) in [6, 6.07) is 4.34. The number of hydrogen-bond donors (Lipinski definition) is 3. The van der Waals surface area contributed by atoms with E-state index < -0.39 is 0 Å². The minimum atomic E-state index is 0.164. The quantitative estimate of drug-likeness (QED) is 0.649. The van der Waals surface area contributed by atoms with E-state index in [0.29, 0.717) is 6.54 Å². The molecule has 0 aromatic heterocycles. The molecular formula is C13H20N2O2. The molecule has 0 atom stereocenters. The summed E-state index contributed by atoms with van der Waals surface area (Å²) < 4.78 is 5.41. The molecule has 1 aliphatic rings. The maximum Gasteiger partial charge on any atom is 0.123 e. The second-order valence-corrected chi connectivity index (χ2v) is 4.26. The zero-order chi connectivity index (χ0) is 12.1. The number of aliphatic hydroxyl groups excluding tert-OH is 1. The Hall–Kier alpha value is -1.10. The van der Waals surface area contributed by atoms with Gasteiger partial charge in [0.15, 0.2) is 0 Å². The van der Waals surface area contributed by atoms with Crippen LogP contribution in [0.4, 0.5) is 0 Å². The second-order valence-electron chi connectivity index (χ2n) is 4.26. The molecule has 4 heteroatoms. The molecule has 1 aliphatic heterocycles. The fraction of sp³-hybridized carbons (Fsp3) is 0.538. The van der Waals surface area contributed by atoms with Crippen molar-refractivity contribution in [2.45, 2.75) is 19.5 Å². The third-order valence-electron chi connectivity index (χ3n) is 3.09. The van der Waals surface area contributed by atoms with Gasteiger partial charge in [-0.3, -0.25) is 0 Å². The standard InChI is InChI=1S/C13H20N2O2/c1-17-13-7-11-8-14-3-2-10(11)6-12(13)9-15-4-5-16/h6-7,14-16H,2-5,8-9H2,1H3. The van der Waals surface area contributed by atoms with E-state index in [-0.39, 0.29) is 6.61 Å². The number of methoxy groups -OCH3 is 1. The van der Waals surface area contributed by atoms with Crippen LogP contribution in [0.15, 0.2) is 12.1 Å². The Kier molecular flexibility index (Phi) is 4.36. The van der Waals surface area contributed by atoms with Crippen molar-refractivity contribution in [2.24, 2.45) is 0 Å². The highest BCUT2D eigenvalue weighted by Crippen LogP contribution is 2.25. The lowest BCUT2D eigenvalue weighted by Crippen LogP contribution is -2.24.